The van der Waals surface area contributed by atoms with Crippen LogP contribution in [0.2, 0.25) is 0 Å². The Kier molecular flexibility index (Phi) is 3.85. The lowest BCUT2D eigenvalue weighted by Gasteiger charge is -2.26. The summed E-state index contributed by atoms with van der Waals surface area (Å²) in [5.41, 5.74) is 8.52. The van der Waals surface area contributed by atoms with E-state index in [1.807, 2.05) is 54.6 Å². The van der Waals surface area contributed by atoms with Gasteiger partial charge in [-0.15, -0.1) is 0 Å². The summed E-state index contributed by atoms with van der Waals surface area (Å²) in [5.74, 6) is 0. The van der Waals surface area contributed by atoms with Gasteiger partial charge in [-0.25, -0.2) is 0 Å². The molecule has 0 aliphatic carbocycles. The van der Waals surface area contributed by atoms with Crippen molar-refractivity contribution in [1.82, 2.24) is 0 Å². The maximum absolute atomic E-state index is 9.63. The molecule has 0 saturated heterocycles. The van der Waals surface area contributed by atoms with Crippen LogP contribution >= 0.6 is 0 Å². The first-order valence-electron chi connectivity index (χ1n) is 6.03. The van der Waals surface area contributed by atoms with E-state index in [2.05, 4.69) is 4.90 Å². The molecule has 2 aromatic rings. The number of aliphatic hydroxyl groups is 1. The topological polar surface area (TPSA) is 49.5 Å². The molecule has 0 radical (unpaired) electrons. The van der Waals surface area contributed by atoms with Crippen LogP contribution < -0.4 is 10.6 Å². The van der Waals surface area contributed by atoms with Crippen LogP contribution in [0, 0.1) is 0 Å². The quantitative estimate of drug-likeness (QED) is 0.810. The molecule has 2 rings (SSSR count). The van der Waals surface area contributed by atoms with E-state index in [4.69, 9.17) is 5.73 Å². The summed E-state index contributed by atoms with van der Waals surface area (Å²) in [4.78, 5) is 2.07. The van der Waals surface area contributed by atoms with E-state index in [0.717, 1.165) is 17.1 Å². The number of anilines is 3. The number of benzene rings is 2. The number of nitrogens with two attached hydrogens (primary N) is 1. The fraction of sp³-hybridized carbons (Fsp3) is 0.200. The molecule has 1 atom stereocenters. The lowest BCUT2D eigenvalue weighted by molar-refractivity contribution is 0.203. The number of nitrogen functional groups attached to an aromatic ring is 1. The Balaban J connectivity index is 2.33. The zero-order chi connectivity index (χ0) is 13.0. The molecule has 0 aliphatic heterocycles. The van der Waals surface area contributed by atoms with Crippen molar-refractivity contribution in [3.8, 4) is 0 Å². The second-order valence-corrected chi connectivity index (χ2v) is 4.39. The van der Waals surface area contributed by atoms with E-state index in [-0.39, 0.29) is 0 Å². The van der Waals surface area contributed by atoms with Crippen LogP contribution in [-0.2, 0) is 0 Å². The highest BCUT2D eigenvalue weighted by molar-refractivity contribution is 5.64. The van der Waals surface area contributed by atoms with Gasteiger partial charge in [0.25, 0.3) is 0 Å². The van der Waals surface area contributed by atoms with Crippen LogP contribution in [0.1, 0.15) is 6.92 Å². The Bertz CT molecular complexity index is 480. The number of hydrogen-bond donors (Lipinski definition) is 2. The Hall–Kier alpha value is -2.00. The van der Waals surface area contributed by atoms with Gasteiger partial charge in [0.1, 0.15) is 0 Å². The molecule has 2 aromatic carbocycles. The van der Waals surface area contributed by atoms with Gasteiger partial charge in [-0.05, 0) is 43.3 Å². The first kappa shape index (κ1) is 12.5. The Morgan fingerprint density at radius 1 is 1.00 bits per heavy atom. The molecule has 18 heavy (non-hydrogen) atoms. The van der Waals surface area contributed by atoms with Crippen molar-refractivity contribution in [2.45, 2.75) is 13.0 Å². The molecule has 0 fully saturated rings. The van der Waals surface area contributed by atoms with E-state index in [0.29, 0.717) is 6.54 Å². The van der Waals surface area contributed by atoms with Crippen molar-refractivity contribution < 1.29 is 5.11 Å². The molecular weight excluding hydrogens is 224 g/mol. The zero-order valence-electron chi connectivity index (χ0n) is 10.5. The van der Waals surface area contributed by atoms with Gasteiger partial charge in [-0.3, -0.25) is 0 Å². The molecule has 3 heteroatoms. The Morgan fingerprint density at radius 3 is 2.11 bits per heavy atom. The third-order valence-electron chi connectivity index (χ3n) is 2.72. The van der Waals surface area contributed by atoms with E-state index in [1.165, 1.54) is 0 Å². The van der Waals surface area contributed by atoms with Gasteiger partial charge >= 0.3 is 0 Å². The van der Waals surface area contributed by atoms with Crippen molar-refractivity contribution in [1.29, 1.82) is 0 Å². The fourth-order valence-corrected chi connectivity index (χ4v) is 1.89. The van der Waals surface area contributed by atoms with Crippen LogP contribution in [0.4, 0.5) is 17.1 Å². The van der Waals surface area contributed by atoms with E-state index in [9.17, 15) is 5.11 Å². The van der Waals surface area contributed by atoms with Gasteiger partial charge in [0.2, 0.25) is 0 Å². The number of rotatable bonds is 4. The standard InChI is InChI=1S/C15H18N2O/c1-12(18)11-17(14-5-3-2-4-6-14)15-9-7-13(16)8-10-15/h2-10,12,18H,11,16H2,1H3. The molecule has 3 nitrogen and oxygen atoms in total. The minimum absolute atomic E-state index is 0.400. The average molecular weight is 242 g/mol. The van der Waals surface area contributed by atoms with Gasteiger partial charge in [0.15, 0.2) is 0 Å². The third-order valence-corrected chi connectivity index (χ3v) is 2.72. The highest BCUT2D eigenvalue weighted by atomic mass is 16.3. The van der Waals surface area contributed by atoms with E-state index < -0.39 is 6.10 Å². The predicted octanol–water partition coefficient (Wildman–Crippen LogP) is 2.79. The van der Waals surface area contributed by atoms with Crippen molar-refractivity contribution in [2.24, 2.45) is 0 Å². The highest BCUT2D eigenvalue weighted by Crippen LogP contribution is 2.25. The van der Waals surface area contributed by atoms with E-state index in [1.54, 1.807) is 6.92 Å². The minimum atomic E-state index is -0.400. The molecule has 0 heterocycles. The zero-order valence-corrected chi connectivity index (χ0v) is 10.5. The number of aliphatic hydroxyl groups excluding tert-OH is 1. The highest BCUT2D eigenvalue weighted by Gasteiger charge is 2.11. The van der Waals surface area contributed by atoms with Gasteiger partial charge in [0.05, 0.1) is 6.10 Å². The summed E-state index contributed by atoms with van der Waals surface area (Å²) < 4.78 is 0. The summed E-state index contributed by atoms with van der Waals surface area (Å²) >= 11 is 0. The Labute approximate surface area is 107 Å². The van der Waals surface area contributed by atoms with Crippen LogP contribution in [-0.4, -0.2) is 17.8 Å². The van der Waals surface area contributed by atoms with Crippen molar-refractivity contribution in [2.75, 3.05) is 17.2 Å². The van der Waals surface area contributed by atoms with Crippen molar-refractivity contribution >= 4 is 17.1 Å². The second kappa shape index (κ2) is 5.56. The maximum Gasteiger partial charge on any atom is 0.0691 e. The summed E-state index contributed by atoms with van der Waals surface area (Å²) in [6.45, 7) is 2.33. The maximum atomic E-state index is 9.63. The van der Waals surface area contributed by atoms with Gasteiger partial charge < -0.3 is 15.7 Å². The molecule has 0 spiro atoms. The molecule has 1 unspecified atom stereocenters. The van der Waals surface area contributed by atoms with Crippen molar-refractivity contribution in [3.63, 3.8) is 0 Å². The van der Waals surface area contributed by atoms with Gasteiger partial charge in [-0.2, -0.15) is 0 Å². The summed E-state index contributed by atoms with van der Waals surface area (Å²) in [7, 11) is 0. The summed E-state index contributed by atoms with van der Waals surface area (Å²) in [5, 5.41) is 9.63. The minimum Gasteiger partial charge on any atom is -0.399 e. The molecule has 0 saturated carbocycles. The molecule has 0 aliphatic rings. The van der Waals surface area contributed by atoms with Gasteiger partial charge in [-0.1, -0.05) is 18.2 Å². The smallest absolute Gasteiger partial charge is 0.0691 e. The average Bonchev–Trinajstić information content (AvgIpc) is 2.38. The van der Waals surface area contributed by atoms with Crippen molar-refractivity contribution in [3.05, 3.63) is 54.6 Å². The predicted molar refractivity (Wildman–Crippen MR) is 76.0 cm³/mol. The van der Waals surface area contributed by atoms with Crippen LogP contribution in [0.25, 0.3) is 0 Å². The monoisotopic (exact) mass is 242 g/mol. The van der Waals surface area contributed by atoms with E-state index >= 15 is 0 Å². The first-order valence-corrected chi connectivity index (χ1v) is 6.03. The number of para-hydroxylation sites is 1. The third kappa shape index (κ3) is 3.02. The molecular formula is C15H18N2O. The summed E-state index contributed by atoms with van der Waals surface area (Å²) in [6, 6.07) is 17.7. The fourth-order valence-electron chi connectivity index (χ4n) is 1.89. The largest absolute Gasteiger partial charge is 0.399 e. The lowest BCUT2D eigenvalue weighted by atomic mass is 10.2. The number of hydrogen-bond acceptors (Lipinski definition) is 3. The molecule has 94 valence electrons. The molecule has 0 amide bonds. The molecule has 0 aromatic heterocycles. The van der Waals surface area contributed by atoms with Gasteiger partial charge in [0, 0.05) is 23.6 Å². The second-order valence-electron chi connectivity index (χ2n) is 4.39. The Morgan fingerprint density at radius 2 is 1.56 bits per heavy atom. The normalized spacial score (nSPS) is 12.1. The first-order chi connectivity index (χ1) is 8.66. The van der Waals surface area contributed by atoms with Crippen LogP contribution in [0.15, 0.2) is 54.6 Å². The number of nitrogens with zero attached hydrogens (tertiary/aromatic N) is 1. The summed E-state index contributed by atoms with van der Waals surface area (Å²) in [6.07, 6.45) is -0.400. The molecule has 3 N–H and O–H groups in total. The van der Waals surface area contributed by atoms with Crippen LogP contribution in [0.3, 0.4) is 0 Å². The SMILES string of the molecule is CC(O)CN(c1ccccc1)c1ccc(N)cc1. The van der Waals surface area contributed by atoms with Crippen LogP contribution in [0.5, 0.6) is 0 Å². The lowest BCUT2D eigenvalue weighted by Crippen LogP contribution is -2.26. The molecule has 0 bridgehead atoms.